The summed E-state index contributed by atoms with van der Waals surface area (Å²) in [4.78, 5) is 8.83. The highest BCUT2D eigenvalue weighted by molar-refractivity contribution is 9.10. The molecule has 4 nitrogen and oxygen atoms in total. The molecule has 0 radical (unpaired) electrons. The minimum atomic E-state index is 0.325. The van der Waals surface area contributed by atoms with Crippen molar-refractivity contribution in [2.75, 3.05) is 18.5 Å². The molecule has 0 aliphatic carbocycles. The van der Waals surface area contributed by atoms with Crippen LogP contribution < -0.4 is 5.32 Å². The summed E-state index contributed by atoms with van der Waals surface area (Å²) < 4.78 is 6.39. The summed E-state index contributed by atoms with van der Waals surface area (Å²) in [6.45, 7) is 5.88. The number of hydrogen-bond acceptors (Lipinski definition) is 4. The van der Waals surface area contributed by atoms with E-state index in [0.717, 1.165) is 42.2 Å². The molecule has 0 bridgehead atoms. The Morgan fingerprint density at radius 3 is 3.00 bits per heavy atom. The number of halogens is 1. The van der Waals surface area contributed by atoms with E-state index in [-0.39, 0.29) is 0 Å². The lowest BCUT2D eigenvalue weighted by Crippen LogP contribution is -2.19. The number of hydrogen-bond donors (Lipinski definition) is 1. The van der Waals surface area contributed by atoms with Crippen LogP contribution >= 0.6 is 15.9 Å². The Morgan fingerprint density at radius 2 is 2.35 bits per heavy atom. The Morgan fingerprint density at radius 1 is 1.53 bits per heavy atom. The van der Waals surface area contributed by atoms with Gasteiger partial charge in [-0.05, 0) is 28.8 Å². The van der Waals surface area contributed by atoms with Crippen LogP contribution in [0.4, 0.5) is 5.82 Å². The van der Waals surface area contributed by atoms with Crippen LogP contribution in [0.2, 0.25) is 0 Å². The Bertz CT molecular complexity index is 378. The zero-order valence-corrected chi connectivity index (χ0v) is 11.8. The quantitative estimate of drug-likeness (QED) is 0.869. The smallest absolute Gasteiger partial charge is 0.134 e. The van der Waals surface area contributed by atoms with Gasteiger partial charge in [-0.15, -0.1) is 0 Å². The zero-order chi connectivity index (χ0) is 12.3. The van der Waals surface area contributed by atoms with E-state index in [9.17, 15) is 0 Å². The van der Waals surface area contributed by atoms with Gasteiger partial charge in [0.25, 0.3) is 0 Å². The molecule has 1 aromatic rings. The SMILES string of the molecule is CC(C)c1nc(Br)cc(NCC2CCCO2)n1. The van der Waals surface area contributed by atoms with Crippen LogP contribution in [0.1, 0.15) is 38.4 Å². The van der Waals surface area contributed by atoms with Gasteiger partial charge in [0.2, 0.25) is 0 Å². The summed E-state index contributed by atoms with van der Waals surface area (Å²) in [5, 5.41) is 3.32. The first kappa shape index (κ1) is 12.8. The van der Waals surface area contributed by atoms with E-state index < -0.39 is 0 Å². The third kappa shape index (κ3) is 3.64. The number of anilines is 1. The van der Waals surface area contributed by atoms with E-state index in [4.69, 9.17) is 4.74 Å². The Labute approximate surface area is 110 Å². The van der Waals surface area contributed by atoms with Crippen LogP contribution in [-0.4, -0.2) is 29.2 Å². The highest BCUT2D eigenvalue weighted by Gasteiger charge is 2.15. The molecule has 17 heavy (non-hydrogen) atoms. The van der Waals surface area contributed by atoms with Crippen LogP contribution in [-0.2, 0) is 4.74 Å². The number of aromatic nitrogens is 2. The van der Waals surface area contributed by atoms with Gasteiger partial charge in [-0.25, -0.2) is 9.97 Å². The number of ether oxygens (including phenoxy) is 1. The Balaban J connectivity index is 1.99. The molecule has 0 spiro atoms. The molecule has 1 unspecified atom stereocenters. The summed E-state index contributed by atoms with van der Waals surface area (Å²) in [5.74, 6) is 2.05. The minimum Gasteiger partial charge on any atom is -0.376 e. The van der Waals surface area contributed by atoms with Gasteiger partial charge in [0.1, 0.15) is 16.2 Å². The molecule has 0 amide bonds. The first-order valence-electron chi connectivity index (χ1n) is 6.05. The number of nitrogens with one attached hydrogen (secondary N) is 1. The highest BCUT2D eigenvalue weighted by atomic mass is 79.9. The minimum absolute atomic E-state index is 0.325. The molecule has 0 aromatic carbocycles. The lowest BCUT2D eigenvalue weighted by Gasteiger charge is -2.13. The highest BCUT2D eigenvalue weighted by Crippen LogP contribution is 2.18. The van der Waals surface area contributed by atoms with Crippen LogP contribution in [0.5, 0.6) is 0 Å². The maximum absolute atomic E-state index is 5.56. The molecule has 2 rings (SSSR count). The van der Waals surface area contributed by atoms with Crippen molar-refractivity contribution < 1.29 is 4.74 Å². The first-order chi connectivity index (χ1) is 8.15. The van der Waals surface area contributed by atoms with Gasteiger partial charge < -0.3 is 10.1 Å². The van der Waals surface area contributed by atoms with Crippen molar-refractivity contribution in [1.82, 2.24) is 9.97 Å². The summed E-state index contributed by atoms with van der Waals surface area (Å²) in [7, 11) is 0. The lowest BCUT2D eigenvalue weighted by atomic mass is 10.2. The zero-order valence-electron chi connectivity index (χ0n) is 10.2. The van der Waals surface area contributed by atoms with Crippen molar-refractivity contribution in [2.45, 2.75) is 38.7 Å². The van der Waals surface area contributed by atoms with Crippen molar-refractivity contribution in [3.63, 3.8) is 0 Å². The standard InChI is InChI=1S/C12H18BrN3O/c1-8(2)12-15-10(13)6-11(16-12)14-7-9-4-3-5-17-9/h6,8-9H,3-5,7H2,1-2H3,(H,14,15,16). The lowest BCUT2D eigenvalue weighted by molar-refractivity contribution is 0.120. The molecule has 0 saturated carbocycles. The molecule has 5 heteroatoms. The van der Waals surface area contributed by atoms with Crippen molar-refractivity contribution in [3.8, 4) is 0 Å². The second kappa shape index (κ2) is 5.78. The maximum Gasteiger partial charge on any atom is 0.134 e. The molecule has 1 N–H and O–H groups in total. The normalized spacial score (nSPS) is 19.9. The molecule has 1 aromatic heterocycles. The molecule has 1 aliphatic heterocycles. The predicted molar refractivity (Wildman–Crippen MR) is 71.3 cm³/mol. The molecular formula is C12H18BrN3O. The summed E-state index contributed by atoms with van der Waals surface area (Å²) in [6, 6.07) is 1.90. The fourth-order valence-corrected chi connectivity index (χ4v) is 2.21. The van der Waals surface area contributed by atoms with Crippen LogP contribution in [0, 0.1) is 0 Å². The van der Waals surface area contributed by atoms with E-state index in [2.05, 4.69) is 45.1 Å². The van der Waals surface area contributed by atoms with E-state index in [0.29, 0.717) is 12.0 Å². The van der Waals surface area contributed by atoms with Gasteiger partial charge in [0.05, 0.1) is 6.10 Å². The summed E-state index contributed by atoms with van der Waals surface area (Å²) >= 11 is 3.41. The Kier molecular flexibility index (Phi) is 4.34. The first-order valence-corrected chi connectivity index (χ1v) is 6.84. The van der Waals surface area contributed by atoms with Gasteiger partial charge in [-0.1, -0.05) is 13.8 Å². The van der Waals surface area contributed by atoms with E-state index in [1.807, 2.05) is 6.07 Å². The number of rotatable bonds is 4. The molecule has 1 aliphatic rings. The molecule has 94 valence electrons. The van der Waals surface area contributed by atoms with E-state index in [1.54, 1.807) is 0 Å². The maximum atomic E-state index is 5.56. The van der Waals surface area contributed by atoms with Gasteiger partial charge in [-0.3, -0.25) is 0 Å². The molecular weight excluding hydrogens is 282 g/mol. The summed E-state index contributed by atoms with van der Waals surface area (Å²) in [6.07, 6.45) is 2.62. The predicted octanol–water partition coefficient (Wildman–Crippen LogP) is 2.95. The van der Waals surface area contributed by atoms with Crippen molar-refractivity contribution in [3.05, 3.63) is 16.5 Å². The van der Waals surface area contributed by atoms with Crippen molar-refractivity contribution >= 4 is 21.7 Å². The fourth-order valence-electron chi connectivity index (χ4n) is 1.81. The monoisotopic (exact) mass is 299 g/mol. The fraction of sp³-hybridized carbons (Fsp3) is 0.667. The van der Waals surface area contributed by atoms with Gasteiger partial charge in [-0.2, -0.15) is 0 Å². The molecule has 2 heterocycles. The van der Waals surface area contributed by atoms with Gasteiger partial charge >= 0.3 is 0 Å². The number of nitrogens with zero attached hydrogens (tertiary/aromatic N) is 2. The van der Waals surface area contributed by atoms with Gasteiger partial charge in [0.15, 0.2) is 0 Å². The molecule has 1 atom stereocenters. The second-order valence-corrected chi connectivity index (χ2v) is 5.42. The largest absolute Gasteiger partial charge is 0.376 e. The van der Waals surface area contributed by atoms with Crippen LogP contribution in [0.3, 0.4) is 0 Å². The van der Waals surface area contributed by atoms with Crippen molar-refractivity contribution in [1.29, 1.82) is 0 Å². The Hall–Kier alpha value is -0.680. The van der Waals surface area contributed by atoms with Gasteiger partial charge in [0, 0.05) is 25.1 Å². The third-order valence-electron chi connectivity index (χ3n) is 2.76. The average molecular weight is 300 g/mol. The van der Waals surface area contributed by atoms with Crippen LogP contribution in [0.15, 0.2) is 10.7 Å². The van der Waals surface area contributed by atoms with Crippen LogP contribution in [0.25, 0.3) is 0 Å². The average Bonchev–Trinajstić information content (AvgIpc) is 2.78. The van der Waals surface area contributed by atoms with E-state index >= 15 is 0 Å². The third-order valence-corrected chi connectivity index (χ3v) is 3.17. The van der Waals surface area contributed by atoms with Crippen molar-refractivity contribution in [2.24, 2.45) is 0 Å². The summed E-state index contributed by atoms with van der Waals surface area (Å²) in [5.41, 5.74) is 0. The topological polar surface area (TPSA) is 47.0 Å². The molecule has 1 saturated heterocycles. The van der Waals surface area contributed by atoms with E-state index in [1.165, 1.54) is 0 Å². The molecule has 1 fully saturated rings. The second-order valence-electron chi connectivity index (χ2n) is 4.60.